The minimum Gasteiger partial charge on any atom is -0.329 e. The van der Waals surface area contributed by atoms with Crippen LogP contribution in [0.25, 0.3) is 0 Å². The summed E-state index contributed by atoms with van der Waals surface area (Å²) in [6.07, 6.45) is 3.26. The molecule has 0 bridgehead atoms. The maximum atomic E-state index is 11.9. The van der Waals surface area contributed by atoms with E-state index in [4.69, 9.17) is 5.73 Å². The van der Waals surface area contributed by atoms with Crippen molar-refractivity contribution in [1.29, 1.82) is 0 Å². The van der Waals surface area contributed by atoms with Gasteiger partial charge < -0.3 is 10.3 Å². The molecule has 1 aromatic rings. The van der Waals surface area contributed by atoms with Crippen LogP contribution in [0, 0.1) is 0 Å². The Balaban J connectivity index is 1.87. The molecule has 1 unspecified atom stereocenters. The molecule has 2 N–H and O–H groups in total. The van der Waals surface area contributed by atoms with Crippen molar-refractivity contribution < 1.29 is 8.42 Å². The van der Waals surface area contributed by atoms with Crippen LogP contribution >= 0.6 is 0 Å². The molecule has 0 radical (unpaired) electrons. The fraction of sp³-hybridized carbons (Fsp3) is 0.818. The molecule has 0 aliphatic carbocycles. The van der Waals surface area contributed by atoms with Gasteiger partial charge in [0.25, 0.3) is 0 Å². The molecular weight excluding hydrogens is 266 g/mol. The summed E-state index contributed by atoms with van der Waals surface area (Å²) in [4.78, 5) is 2.19. The van der Waals surface area contributed by atoms with E-state index in [1.165, 1.54) is 0 Å². The van der Waals surface area contributed by atoms with E-state index in [2.05, 4.69) is 15.1 Å². The van der Waals surface area contributed by atoms with Crippen LogP contribution in [0.3, 0.4) is 0 Å². The van der Waals surface area contributed by atoms with Crippen LogP contribution in [0.2, 0.25) is 0 Å². The smallest absolute Gasteiger partial charge is 0.152 e. The fourth-order valence-electron chi connectivity index (χ4n) is 3.19. The zero-order chi connectivity index (χ0) is 13.5. The molecule has 1 atom stereocenters. The second-order valence-corrected chi connectivity index (χ2v) is 7.67. The van der Waals surface area contributed by atoms with Gasteiger partial charge >= 0.3 is 0 Å². The van der Waals surface area contributed by atoms with E-state index in [1.54, 1.807) is 6.33 Å². The monoisotopic (exact) mass is 285 g/mol. The van der Waals surface area contributed by atoms with Gasteiger partial charge in [-0.25, -0.2) is 8.42 Å². The Morgan fingerprint density at radius 1 is 1.42 bits per heavy atom. The Morgan fingerprint density at radius 2 is 2.26 bits per heavy atom. The molecule has 0 amide bonds. The highest BCUT2D eigenvalue weighted by Crippen LogP contribution is 2.30. The first-order valence-corrected chi connectivity index (χ1v) is 8.39. The van der Waals surface area contributed by atoms with E-state index >= 15 is 0 Å². The number of aromatic nitrogens is 3. The third-order valence-electron chi connectivity index (χ3n) is 4.28. The lowest BCUT2D eigenvalue weighted by molar-refractivity contribution is 0.0689. The van der Waals surface area contributed by atoms with Gasteiger partial charge in [-0.2, -0.15) is 0 Å². The minimum atomic E-state index is -2.98. The zero-order valence-corrected chi connectivity index (χ0v) is 11.6. The van der Waals surface area contributed by atoms with Crippen LogP contribution in [-0.2, 0) is 22.9 Å². The van der Waals surface area contributed by atoms with E-state index in [9.17, 15) is 8.42 Å². The van der Waals surface area contributed by atoms with Crippen molar-refractivity contribution in [1.82, 2.24) is 19.7 Å². The molecule has 7 nitrogen and oxygen atoms in total. The van der Waals surface area contributed by atoms with Gasteiger partial charge in [0, 0.05) is 25.2 Å². The average Bonchev–Trinajstić information content (AvgIpc) is 2.84. The first kappa shape index (κ1) is 13.0. The number of hydrogen-bond acceptors (Lipinski definition) is 6. The van der Waals surface area contributed by atoms with Crippen LogP contribution in [0.5, 0.6) is 0 Å². The highest BCUT2D eigenvalue weighted by atomic mass is 32.2. The van der Waals surface area contributed by atoms with Crippen LogP contribution in [0.15, 0.2) is 6.33 Å². The Bertz CT molecular complexity index is 569. The Kier molecular flexibility index (Phi) is 3.11. The van der Waals surface area contributed by atoms with E-state index < -0.39 is 15.4 Å². The Labute approximate surface area is 112 Å². The second-order valence-electron chi connectivity index (χ2n) is 5.49. The van der Waals surface area contributed by atoms with Gasteiger partial charge in [-0.15, -0.1) is 10.2 Å². The quantitative estimate of drug-likeness (QED) is 0.749. The predicted octanol–water partition coefficient (Wildman–Crippen LogP) is -1.00. The maximum Gasteiger partial charge on any atom is 0.152 e. The van der Waals surface area contributed by atoms with Crippen LogP contribution in [0.4, 0.5) is 0 Å². The minimum absolute atomic E-state index is 0.171. The van der Waals surface area contributed by atoms with Crippen molar-refractivity contribution in [2.75, 3.05) is 24.6 Å². The molecule has 2 aliphatic rings. The molecule has 1 aromatic heterocycles. The number of nitrogens with zero attached hydrogens (tertiary/aromatic N) is 4. The average molecular weight is 285 g/mol. The molecule has 3 rings (SSSR count). The van der Waals surface area contributed by atoms with Gasteiger partial charge in [0.2, 0.25) is 0 Å². The summed E-state index contributed by atoms with van der Waals surface area (Å²) in [5, 5.41) is 7.98. The fourth-order valence-corrected chi connectivity index (χ4v) is 5.18. The van der Waals surface area contributed by atoms with Crippen molar-refractivity contribution in [2.45, 2.75) is 31.5 Å². The molecule has 106 valence electrons. The van der Waals surface area contributed by atoms with Gasteiger partial charge in [-0.3, -0.25) is 4.90 Å². The highest BCUT2D eigenvalue weighted by Gasteiger charge is 2.43. The first-order valence-electron chi connectivity index (χ1n) is 6.57. The first-order chi connectivity index (χ1) is 9.05. The van der Waals surface area contributed by atoms with E-state index in [0.29, 0.717) is 25.3 Å². The molecule has 0 aromatic carbocycles. The van der Waals surface area contributed by atoms with Crippen LogP contribution in [0.1, 0.15) is 18.7 Å². The summed E-state index contributed by atoms with van der Waals surface area (Å²) < 4.78 is 25.9. The normalized spacial score (nSPS) is 31.0. The third-order valence-corrected chi connectivity index (χ3v) is 6.16. The zero-order valence-electron chi connectivity index (χ0n) is 10.8. The lowest BCUT2D eigenvalue weighted by Crippen LogP contribution is -2.61. The van der Waals surface area contributed by atoms with Crippen LogP contribution < -0.4 is 5.73 Å². The van der Waals surface area contributed by atoms with E-state index in [-0.39, 0.29) is 5.75 Å². The molecule has 1 fully saturated rings. The van der Waals surface area contributed by atoms with Gasteiger partial charge in [-0.05, 0) is 12.8 Å². The van der Waals surface area contributed by atoms with Gasteiger partial charge in [0.1, 0.15) is 12.2 Å². The SMILES string of the molecule is NCC1(N2CCn3cnnc3C2)CCCS(=O)(=O)C1. The summed E-state index contributed by atoms with van der Waals surface area (Å²) in [7, 11) is -2.98. The Morgan fingerprint density at radius 3 is 3.00 bits per heavy atom. The largest absolute Gasteiger partial charge is 0.329 e. The summed E-state index contributed by atoms with van der Waals surface area (Å²) in [5.74, 6) is 1.35. The Hall–Kier alpha value is -0.990. The third kappa shape index (κ3) is 2.28. The summed E-state index contributed by atoms with van der Waals surface area (Å²) in [5.41, 5.74) is 5.51. The predicted molar refractivity (Wildman–Crippen MR) is 70.1 cm³/mol. The standard InChI is InChI=1S/C11H19N5O2S/c12-7-11(2-1-5-19(17,18)8-11)16-4-3-15-9-13-14-10(15)6-16/h9H,1-8,12H2. The van der Waals surface area contributed by atoms with Crippen molar-refractivity contribution in [3.63, 3.8) is 0 Å². The number of nitrogens with two attached hydrogens (primary N) is 1. The number of hydrogen-bond donors (Lipinski definition) is 1. The van der Waals surface area contributed by atoms with Crippen molar-refractivity contribution in [2.24, 2.45) is 5.73 Å². The number of fused-ring (bicyclic) bond motifs is 1. The second kappa shape index (κ2) is 4.53. The number of sulfone groups is 1. The highest BCUT2D eigenvalue weighted by molar-refractivity contribution is 7.91. The molecule has 0 saturated carbocycles. The molecular formula is C11H19N5O2S. The molecule has 2 aliphatic heterocycles. The van der Waals surface area contributed by atoms with Crippen molar-refractivity contribution in [3.8, 4) is 0 Å². The van der Waals surface area contributed by atoms with Gasteiger partial charge in [-0.1, -0.05) is 0 Å². The lowest BCUT2D eigenvalue weighted by Gasteiger charge is -2.46. The van der Waals surface area contributed by atoms with Gasteiger partial charge in [0.15, 0.2) is 9.84 Å². The summed E-state index contributed by atoms with van der Waals surface area (Å²) >= 11 is 0. The molecule has 1 saturated heterocycles. The molecule has 19 heavy (non-hydrogen) atoms. The van der Waals surface area contributed by atoms with Crippen LogP contribution in [-0.4, -0.2) is 58.2 Å². The van der Waals surface area contributed by atoms with Crippen molar-refractivity contribution >= 4 is 9.84 Å². The maximum absolute atomic E-state index is 11.9. The lowest BCUT2D eigenvalue weighted by atomic mass is 9.92. The van der Waals surface area contributed by atoms with E-state index in [1.807, 2.05) is 4.57 Å². The summed E-state index contributed by atoms with van der Waals surface area (Å²) in [6.45, 7) is 2.61. The van der Waals surface area contributed by atoms with Gasteiger partial charge in [0.05, 0.1) is 18.1 Å². The number of rotatable bonds is 2. The summed E-state index contributed by atoms with van der Waals surface area (Å²) in [6, 6.07) is 0. The van der Waals surface area contributed by atoms with Crippen molar-refractivity contribution in [3.05, 3.63) is 12.2 Å². The topological polar surface area (TPSA) is 94.1 Å². The van der Waals surface area contributed by atoms with E-state index in [0.717, 1.165) is 25.3 Å². The molecule has 8 heteroatoms. The molecule has 0 spiro atoms. The molecule has 3 heterocycles.